The molecule has 2 heterocycles. The van der Waals surface area contributed by atoms with Crippen LogP contribution in [0.4, 0.5) is 5.69 Å². The van der Waals surface area contributed by atoms with Gasteiger partial charge in [-0.25, -0.2) is 9.78 Å². The monoisotopic (exact) mass is 378 g/mol. The smallest absolute Gasteiger partial charge is 0.340 e. The molecule has 0 N–H and O–H groups in total. The first-order chi connectivity index (χ1) is 13.6. The lowest BCUT2D eigenvalue weighted by Gasteiger charge is -2.04. The first kappa shape index (κ1) is 19.0. The molecule has 0 fully saturated rings. The van der Waals surface area contributed by atoms with Crippen molar-refractivity contribution >= 4 is 23.8 Å². The molecule has 0 saturated heterocycles. The van der Waals surface area contributed by atoms with Gasteiger partial charge in [0, 0.05) is 17.8 Å². The van der Waals surface area contributed by atoms with E-state index in [1.807, 2.05) is 36.5 Å². The van der Waals surface area contributed by atoms with Crippen LogP contribution in [-0.2, 0) is 11.3 Å². The average Bonchev–Trinajstić information content (AvgIpc) is 3.14. The van der Waals surface area contributed by atoms with Crippen molar-refractivity contribution < 1.29 is 14.5 Å². The lowest BCUT2D eigenvalue weighted by Crippen LogP contribution is -2.08. The number of esters is 1. The lowest BCUT2D eigenvalue weighted by molar-refractivity contribution is -0.385. The summed E-state index contributed by atoms with van der Waals surface area (Å²) in [6.45, 7) is 2.47. The number of carbonyl (C=O) groups is 1. The van der Waals surface area contributed by atoms with E-state index in [4.69, 9.17) is 4.74 Å². The van der Waals surface area contributed by atoms with Gasteiger partial charge in [-0.2, -0.15) is 5.10 Å². The number of hydrogen-bond acceptors (Lipinski definition) is 6. The molecule has 8 nitrogen and oxygen atoms in total. The molecule has 0 unspecified atom stereocenters. The van der Waals surface area contributed by atoms with Gasteiger partial charge in [0.05, 0.1) is 35.5 Å². The molecule has 28 heavy (non-hydrogen) atoms. The zero-order valence-electron chi connectivity index (χ0n) is 15.2. The van der Waals surface area contributed by atoms with Crippen molar-refractivity contribution in [2.75, 3.05) is 6.61 Å². The Morgan fingerprint density at radius 1 is 1.25 bits per heavy atom. The summed E-state index contributed by atoms with van der Waals surface area (Å²) in [6, 6.07) is 11.1. The second kappa shape index (κ2) is 8.72. The number of nitro groups is 1. The van der Waals surface area contributed by atoms with Gasteiger partial charge < -0.3 is 4.74 Å². The van der Waals surface area contributed by atoms with Gasteiger partial charge in [0.2, 0.25) is 0 Å². The largest absolute Gasteiger partial charge is 0.462 e. The standard InChI is InChI=1S/C20H18N4O4/c1-2-28-20(25)18-10-17(24(26)27)12-21-19(18)9-8-16-11-22-23(14-16)13-15-6-4-3-5-7-15/h3-12,14H,2,13H2,1H3. The van der Waals surface area contributed by atoms with E-state index in [0.29, 0.717) is 12.2 Å². The highest BCUT2D eigenvalue weighted by Gasteiger charge is 2.17. The van der Waals surface area contributed by atoms with Crippen molar-refractivity contribution in [1.29, 1.82) is 0 Å². The third-order valence-electron chi connectivity index (χ3n) is 3.88. The Morgan fingerprint density at radius 2 is 2.04 bits per heavy atom. The second-order valence-corrected chi connectivity index (χ2v) is 5.89. The van der Waals surface area contributed by atoms with Gasteiger partial charge >= 0.3 is 5.97 Å². The van der Waals surface area contributed by atoms with Crippen LogP contribution in [0.25, 0.3) is 12.2 Å². The predicted molar refractivity (Wildman–Crippen MR) is 104 cm³/mol. The number of nitrogens with zero attached hydrogens (tertiary/aromatic N) is 4. The molecule has 2 aromatic heterocycles. The van der Waals surface area contributed by atoms with E-state index in [0.717, 1.165) is 17.3 Å². The lowest BCUT2D eigenvalue weighted by atomic mass is 10.1. The number of hydrogen-bond donors (Lipinski definition) is 0. The van der Waals surface area contributed by atoms with Crippen molar-refractivity contribution in [3.8, 4) is 0 Å². The van der Waals surface area contributed by atoms with E-state index in [1.54, 1.807) is 30.0 Å². The summed E-state index contributed by atoms with van der Waals surface area (Å²) in [6.07, 6.45) is 8.01. The van der Waals surface area contributed by atoms with Gasteiger partial charge in [0.1, 0.15) is 6.20 Å². The van der Waals surface area contributed by atoms with Crippen molar-refractivity contribution in [3.63, 3.8) is 0 Å². The van der Waals surface area contributed by atoms with Crippen molar-refractivity contribution in [1.82, 2.24) is 14.8 Å². The van der Waals surface area contributed by atoms with Gasteiger partial charge in [-0.3, -0.25) is 14.8 Å². The summed E-state index contributed by atoms with van der Waals surface area (Å²) in [4.78, 5) is 26.5. The number of rotatable bonds is 7. The minimum absolute atomic E-state index is 0.0453. The van der Waals surface area contributed by atoms with E-state index in [2.05, 4.69) is 10.1 Å². The fourth-order valence-corrected chi connectivity index (χ4v) is 2.57. The zero-order valence-corrected chi connectivity index (χ0v) is 15.2. The molecule has 0 saturated carbocycles. The van der Waals surface area contributed by atoms with Crippen LogP contribution < -0.4 is 0 Å². The third kappa shape index (κ3) is 4.67. The molecular weight excluding hydrogens is 360 g/mol. The van der Waals surface area contributed by atoms with Crippen LogP contribution in [0.3, 0.4) is 0 Å². The van der Waals surface area contributed by atoms with E-state index >= 15 is 0 Å². The maximum atomic E-state index is 12.1. The number of aromatic nitrogens is 3. The molecule has 142 valence electrons. The van der Waals surface area contributed by atoms with Crippen molar-refractivity contribution in [2.45, 2.75) is 13.5 Å². The van der Waals surface area contributed by atoms with Crippen LogP contribution in [0.15, 0.2) is 55.0 Å². The normalized spacial score (nSPS) is 10.9. The Labute approximate surface area is 161 Å². The molecule has 0 amide bonds. The minimum Gasteiger partial charge on any atom is -0.462 e. The fourth-order valence-electron chi connectivity index (χ4n) is 2.57. The molecule has 0 bridgehead atoms. The van der Waals surface area contributed by atoms with Crippen LogP contribution in [-0.4, -0.2) is 32.3 Å². The molecule has 1 aromatic carbocycles. The van der Waals surface area contributed by atoms with Crippen LogP contribution in [0.2, 0.25) is 0 Å². The Morgan fingerprint density at radius 3 is 2.75 bits per heavy atom. The predicted octanol–water partition coefficient (Wildman–Crippen LogP) is 3.58. The topological polar surface area (TPSA) is 100 Å². The molecule has 0 atom stereocenters. The molecule has 3 aromatic rings. The van der Waals surface area contributed by atoms with E-state index in [9.17, 15) is 14.9 Å². The number of benzene rings is 1. The third-order valence-corrected chi connectivity index (χ3v) is 3.88. The van der Waals surface area contributed by atoms with E-state index < -0.39 is 10.9 Å². The Hall–Kier alpha value is -3.81. The molecule has 0 radical (unpaired) electrons. The van der Waals surface area contributed by atoms with Crippen LogP contribution in [0.1, 0.15) is 34.1 Å². The molecule has 0 aliphatic rings. The van der Waals surface area contributed by atoms with Crippen LogP contribution in [0.5, 0.6) is 0 Å². The first-order valence-electron chi connectivity index (χ1n) is 8.63. The number of carbonyl (C=O) groups excluding carboxylic acids is 1. The van der Waals surface area contributed by atoms with Crippen molar-refractivity contribution in [3.05, 3.63) is 87.5 Å². The van der Waals surface area contributed by atoms with E-state index in [-0.39, 0.29) is 17.9 Å². The van der Waals surface area contributed by atoms with Crippen LogP contribution >= 0.6 is 0 Å². The molecule has 3 rings (SSSR count). The Bertz CT molecular complexity index is 1010. The maximum Gasteiger partial charge on any atom is 0.340 e. The highest BCUT2D eigenvalue weighted by atomic mass is 16.6. The van der Waals surface area contributed by atoms with Gasteiger partial charge in [0.15, 0.2) is 0 Å². The fraction of sp³-hybridized carbons (Fsp3) is 0.150. The van der Waals surface area contributed by atoms with Gasteiger partial charge in [-0.1, -0.05) is 30.3 Å². The molecular formula is C20H18N4O4. The molecule has 0 aliphatic carbocycles. The molecule has 0 aliphatic heterocycles. The summed E-state index contributed by atoms with van der Waals surface area (Å²) in [5.41, 5.74) is 2.01. The quantitative estimate of drug-likeness (QED) is 0.354. The first-order valence-corrected chi connectivity index (χ1v) is 8.63. The Balaban J connectivity index is 1.81. The van der Waals surface area contributed by atoms with E-state index in [1.165, 1.54) is 6.07 Å². The van der Waals surface area contributed by atoms with Gasteiger partial charge in [-0.05, 0) is 24.6 Å². The highest BCUT2D eigenvalue weighted by Crippen LogP contribution is 2.18. The Kier molecular flexibility index (Phi) is 5.91. The summed E-state index contributed by atoms with van der Waals surface area (Å²) in [5.74, 6) is -0.655. The minimum atomic E-state index is -0.655. The van der Waals surface area contributed by atoms with Crippen LogP contribution in [0, 0.1) is 10.1 Å². The summed E-state index contributed by atoms with van der Waals surface area (Å²) >= 11 is 0. The van der Waals surface area contributed by atoms with Crippen molar-refractivity contribution in [2.24, 2.45) is 0 Å². The maximum absolute atomic E-state index is 12.1. The second-order valence-electron chi connectivity index (χ2n) is 5.89. The molecule has 8 heteroatoms. The van der Waals surface area contributed by atoms with Gasteiger partial charge in [-0.15, -0.1) is 0 Å². The summed E-state index contributed by atoms with van der Waals surface area (Å²) in [7, 11) is 0. The SMILES string of the molecule is CCOC(=O)c1cc([N+](=O)[O-])cnc1C=Cc1cnn(Cc2ccccc2)c1. The van der Waals surface area contributed by atoms with Gasteiger partial charge in [0.25, 0.3) is 5.69 Å². The number of pyridine rings is 1. The zero-order chi connectivity index (χ0) is 19.9. The highest BCUT2D eigenvalue weighted by molar-refractivity contribution is 5.94. The molecule has 0 spiro atoms. The summed E-state index contributed by atoms with van der Waals surface area (Å²) < 4.78 is 6.77. The average molecular weight is 378 g/mol. The number of ether oxygens (including phenoxy) is 1. The summed E-state index contributed by atoms with van der Waals surface area (Å²) in [5, 5.41) is 15.3.